The second kappa shape index (κ2) is 6.85. The van der Waals surface area contributed by atoms with Gasteiger partial charge >= 0.3 is 0 Å². The van der Waals surface area contributed by atoms with Crippen LogP contribution in [0.25, 0.3) is 0 Å². The fraction of sp³-hybridized carbons (Fsp3) is 0.533. The highest BCUT2D eigenvalue weighted by atomic mass is 19.1. The largest absolute Gasteiger partial charge is 0.503 e. The molecule has 6 heteroatoms. The van der Waals surface area contributed by atoms with E-state index in [0.717, 1.165) is 25.9 Å². The average Bonchev–Trinajstić information content (AvgIpc) is 2.44. The first-order valence-electron chi connectivity index (χ1n) is 7.09. The summed E-state index contributed by atoms with van der Waals surface area (Å²) in [4.78, 5) is 13.0. The highest BCUT2D eigenvalue weighted by molar-refractivity contribution is 5.72. The predicted molar refractivity (Wildman–Crippen MR) is 74.7 cm³/mol. The lowest BCUT2D eigenvalue weighted by molar-refractivity contribution is -0.119. The molecule has 4 nitrogen and oxygen atoms in total. The molecule has 1 heterocycles. The molecule has 2 N–H and O–H groups in total. The Balaban J connectivity index is 1.85. The molecule has 1 aliphatic rings. The quantitative estimate of drug-likeness (QED) is 0.894. The topological polar surface area (TPSA) is 52.6 Å². The molecular weight excluding hydrogens is 278 g/mol. The van der Waals surface area contributed by atoms with E-state index in [2.05, 4.69) is 10.2 Å². The molecule has 0 unspecified atom stereocenters. The number of hydrogen-bond donors (Lipinski definition) is 2. The summed E-state index contributed by atoms with van der Waals surface area (Å²) >= 11 is 0. The van der Waals surface area contributed by atoms with Crippen molar-refractivity contribution in [3.63, 3.8) is 0 Å². The molecule has 0 aromatic heterocycles. The number of phenols is 1. The molecule has 1 saturated heterocycles. The number of rotatable bonds is 4. The van der Waals surface area contributed by atoms with E-state index in [1.54, 1.807) is 0 Å². The third-order valence-corrected chi connectivity index (χ3v) is 3.83. The van der Waals surface area contributed by atoms with Crippen molar-refractivity contribution in [2.45, 2.75) is 26.3 Å². The molecule has 1 aliphatic heterocycles. The minimum atomic E-state index is -0.925. The van der Waals surface area contributed by atoms with E-state index in [9.17, 15) is 13.6 Å². The third-order valence-electron chi connectivity index (χ3n) is 3.83. The van der Waals surface area contributed by atoms with Crippen LogP contribution in [0, 0.1) is 17.6 Å². The van der Waals surface area contributed by atoms with Gasteiger partial charge in [0.25, 0.3) is 0 Å². The van der Waals surface area contributed by atoms with E-state index >= 15 is 0 Å². The molecule has 0 radical (unpaired) electrons. The smallest absolute Gasteiger partial charge is 0.216 e. The number of carbonyl (C=O) groups is 1. The van der Waals surface area contributed by atoms with Crippen molar-refractivity contribution in [2.24, 2.45) is 5.92 Å². The maximum atomic E-state index is 13.3. The Morgan fingerprint density at radius 2 is 1.90 bits per heavy atom. The standard InChI is InChI=1S/C15H20F2N2O2/c1-10(20)18-8-11-2-4-19(5-3-11)9-12-6-13(16)15(21)14(17)7-12/h6-7,11,21H,2-5,8-9H2,1H3,(H,18,20). The number of likely N-dealkylation sites (tertiary alicyclic amines) is 1. The molecule has 0 saturated carbocycles. The summed E-state index contributed by atoms with van der Waals surface area (Å²) in [5.41, 5.74) is 0.517. The van der Waals surface area contributed by atoms with Gasteiger partial charge in [0, 0.05) is 20.0 Å². The molecule has 0 spiro atoms. The first kappa shape index (κ1) is 15.7. The van der Waals surface area contributed by atoms with Gasteiger partial charge in [-0.25, -0.2) is 8.78 Å². The van der Waals surface area contributed by atoms with Gasteiger partial charge in [-0.05, 0) is 49.5 Å². The molecule has 2 rings (SSSR count). The maximum absolute atomic E-state index is 13.3. The number of aromatic hydroxyl groups is 1. The van der Waals surface area contributed by atoms with E-state index in [4.69, 9.17) is 5.11 Å². The van der Waals surface area contributed by atoms with Crippen LogP contribution in [0.2, 0.25) is 0 Å². The molecule has 1 aromatic carbocycles. The van der Waals surface area contributed by atoms with Crippen molar-refractivity contribution in [3.8, 4) is 5.75 Å². The first-order chi connectivity index (χ1) is 9.95. The van der Waals surface area contributed by atoms with Crippen LogP contribution in [0.3, 0.4) is 0 Å². The number of benzene rings is 1. The van der Waals surface area contributed by atoms with Crippen LogP contribution in [0.4, 0.5) is 8.78 Å². The van der Waals surface area contributed by atoms with Gasteiger partial charge in [-0.15, -0.1) is 0 Å². The minimum absolute atomic E-state index is 0.0209. The molecule has 0 atom stereocenters. The Bertz CT molecular complexity index is 491. The summed E-state index contributed by atoms with van der Waals surface area (Å²) in [6.45, 7) is 4.30. The second-order valence-electron chi connectivity index (χ2n) is 5.56. The van der Waals surface area contributed by atoms with Gasteiger partial charge in [0.05, 0.1) is 0 Å². The summed E-state index contributed by atoms with van der Waals surface area (Å²) in [6.07, 6.45) is 1.90. The Kier molecular flexibility index (Phi) is 5.12. The fourth-order valence-electron chi connectivity index (χ4n) is 2.60. The summed E-state index contributed by atoms with van der Waals surface area (Å²) in [5, 5.41) is 11.9. The monoisotopic (exact) mass is 298 g/mol. The molecular formula is C15H20F2N2O2. The minimum Gasteiger partial charge on any atom is -0.503 e. The van der Waals surface area contributed by atoms with Crippen LogP contribution in [0.5, 0.6) is 5.75 Å². The van der Waals surface area contributed by atoms with Crippen LogP contribution in [-0.2, 0) is 11.3 Å². The Morgan fingerprint density at radius 3 is 2.43 bits per heavy atom. The first-order valence-corrected chi connectivity index (χ1v) is 7.09. The zero-order valence-corrected chi connectivity index (χ0v) is 12.0. The van der Waals surface area contributed by atoms with E-state index < -0.39 is 17.4 Å². The second-order valence-corrected chi connectivity index (χ2v) is 5.56. The van der Waals surface area contributed by atoms with Crippen molar-refractivity contribution in [1.29, 1.82) is 0 Å². The molecule has 1 aromatic rings. The average molecular weight is 298 g/mol. The van der Waals surface area contributed by atoms with Crippen molar-refractivity contribution >= 4 is 5.91 Å². The lowest BCUT2D eigenvalue weighted by atomic mass is 9.96. The highest BCUT2D eigenvalue weighted by Gasteiger charge is 2.20. The number of nitrogens with zero attached hydrogens (tertiary/aromatic N) is 1. The van der Waals surface area contributed by atoms with Gasteiger partial charge < -0.3 is 10.4 Å². The van der Waals surface area contributed by atoms with Gasteiger partial charge in [-0.1, -0.05) is 0 Å². The highest BCUT2D eigenvalue weighted by Crippen LogP contribution is 2.24. The molecule has 0 aliphatic carbocycles. The van der Waals surface area contributed by atoms with Crippen LogP contribution in [0.1, 0.15) is 25.3 Å². The summed E-state index contributed by atoms with van der Waals surface area (Å²) < 4.78 is 26.6. The summed E-state index contributed by atoms with van der Waals surface area (Å²) in [5.74, 6) is -2.34. The summed E-state index contributed by atoms with van der Waals surface area (Å²) in [6, 6.07) is 2.34. The van der Waals surface area contributed by atoms with Gasteiger partial charge in [0.15, 0.2) is 17.4 Å². The van der Waals surface area contributed by atoms with E-state index in [1.165, 1.54) is 19.1 Å². The van der Waals surface area contributed by atoms with Crippen molar-refractivity contribution in [2.75, 3.05) is 19.6 Å². The summed E-state index contributed by atoms with van der Waals surface area (Å²) in [7, 11) is 0. The molecule has 1 amide bonds. The van der Waals surface area contributed by atoms with Gasteiger partial charge in [0.2, 0.25) is 5.91 Å². The van der Waals surface area contributed by atoms with Gasteiger partial charge in [-0.2, -0.15) is 0 Å². The number of nitrogens with one attached hydrogen (secondary N) is 1. The lowest BCUT2D eigenvalue weighted by Gasteiger charge is -2.32. The molecule has 1 fully saturated rings. The SMILES string of the molecule is CC(=O)NCC1CCN(Cc2cc(F)c(O)c(F)c2)CC1. The number of hydrogen-bond acceptors (Lipinski definition) is 3. The van der Waals surface area contributed by atoms with E-state index in [-0.39, 0.29) is 5.91 Å². The van der Waals surface area contributed by atoms with E-state index in [1.807, 2.05) is 0 Å². The Labute approximate surface area is 122 Å². The fourth-order valence-corrected chi connectivity index (χ4v) is 2.60. The van der Waals surface area contributed by atoms with Crippen molar-refractivity contribution < 1.29 is 18.7 Å². The van der Waals surface area contributed by atoms with Crippen LogP contribution >= 0.6 is 0 Å². The molecule has 116 valence electrons. The number of piperidine rings is 1. The van der Waals surface area contributed by atoms with Crippen LogP contribution in [0.15, 0.2) is 12.1 Å². The number of halogens is 2. The Morgan fingerprint density at radius 1 is 1.33 bits per heavy atom. The van der Waals surface area contributed by atoms with Crippen LogP contribution < -0.4 is 5.32 Å². The zero-order chi connectivity index (χ0) is 15.4. The Hall–Kier alpha value is -1.69. The zero-order valence-electron chi connectivity index (χ0n) is 12.0. The number of carbonyl (C=O) groups excluding carboxylic acids is 1. The predicted octanol–water partition coefficient (Wildman–Crippen LogP) is 2.02. The molecule has 21 heavy (non-hydrogen) atoms. The molecule has 0 bridgehead atoms. The third kappa shape index (κ3) is 4.39. The van der Waals surface area contributed by atoms with Crippen molar-refractivity contribution in [3.05, 3.63) is 29.3 Å². The maximum Gasteiger partial charge on any atom is 0.216 e. The number of amides is 1. The van der Waals surface area contributed by atoms with E-state index in [0.29, 0.717) is 24.6 Å². The van der Waals surface area contributed by atoms with Gasteiger partial charge in [-0.3, -0.25) is 9.69 Å². The van der Waals surface area contributed by atoms with Crippen LogP contribution in [-0.4, -0.2) is 35.5 Å². The van der Waals surface area contributed by atoms with Crippen molar-refractivity contribution in [1.82, 2.24) is 10.2 Å². The normalized spacial score (nSPS) is 16.9. The number of phenolic OH excluding ortho intramolecular Hbond substituents is 1. The van der Waals surface area contributed by atoms with Gasteiger partial charge in [0.1, 0.15) is 0 Å². The lowest BCUT2D eigenvalue weighted by Crippen LogP contribution is -2.37.